The maximum absolute atomic E-state index is 11.9. The minimum absolute atomic E-state index is 0.0185. The second-order valence-electron chi connectivity index (χ2n) is 5.72. The Morgan fingerprint density at radius 1 is 1.08 bits per heavy atom. The van der Waals surface area contributed by atoms with Crippen LogP contribution in [0.2, 0.25) is 0 Å². The van der Waals surface area contributed by atoms with Crippen LogP contribution in [0, 0.1) is 6.92 Å². The van der Waals surface area contributed by atoms with E-state index >= 15 is 0 Å². The molecule has 0 saturated carbocycles. The highest BCUT2D eigenvalue weighted by molar-refractivity contribution is 5.95. The number of amides is 1. The SMILES string of the molecule is Cc1ccc(-c2nc(COC(=O)CNC(=O)c3ccccc3)co2)cc1. The highest BCUT2D eigenvalue weighted by Gasteiger charge is 2.11. The summed E-state index contributed by atoms with van der Waals surface area (Å²) in [6, 6.07) is 16.4. The van der Waals surface area contributed by atoms with Crippen molar-refractivity contribution in [3.63, 3.8) is 0 Å². The number of nitrogens with one attached hydrogen (secondary N) is 1. The lowest BCUT2D eigenvalue weighted by Crippen LogP contribution is -2.30. The molecule has 0 radical (unpaired) electrons. The summed E-state index contributed by atoms with van der Waals surface area (Å²) in [5.41, 5.74) is 2.98. The molecular formula is C20H18N2O4. The van der Waals surface area contributed by atoms with Gasteiger partial charge in [0.15, 0.2) is 0 Å². The van der Waals surface area contributed by atoms with Gasteiger partial charge in [-0.2, -0.15) is 0 Å². The molecule has 0 aliphatic heterocycles. The lowest BCUT2D eigenvalue weighted by Gasteiger charge is -2.05. The first-order valence-corrected chi connectivity index (χ1v) is 8.12. The molecule has 6 heteroatoms. The van der Waals surface area contributed by atoms with Gasteiger partial charge in [0.1, 0.15) is 25.1 Å². The van der Waals surface area contributed by atoms with Gasteiger partial charge >= 0.3 is 5.97 Å². The fraction of sp³-hybridized carbons (Fsp3) is 0.150. The zero-order chi connectivity index (χ0) is 18.4. The van der Waals surface area contributed by atoms with E-state index in [-0.39, 0.29) is 19.1 Å². The number of rotatable bonds is 6. The molecule has 3 rings (SSSR count). The number of oxazole rings is 1. The fourth-order valence-electron chi connectivity index (χ4n) is 2.25. The van der Waals surface area contributed by atoms with Crippen LogP contribution in [-0.4, -0.2) is 23.4 Å². The summed E-state index contributed by atoms with van der Waals surface area (Å²) >= 11 is 0. The Labute approximate surface area is 150 Å². The Morgan fingerprint density at radius 2 is 1.81 bits per heavy atom. The molecule has 0 unspecified atom stereocenters. The molecule has 0 aliphatic rings. The molecule has 1 N–H and O–H groups in total. The van der Waals surface area contributed by atoms with E-state index in [0.717, 1.165) is 11.1 Å². The average molecular weight is 350 g/mol. The normalized spacial score (nSPS) is 10.3. The molecule has 0 fully saturated rings. The van der Waals surface area contributed by atoms with E-state index in [1.807, 2.05) is 37.3 Å². The Kier molecular flexibility index (Phi) is 5.43. The molecule has 132 valence electrons. The maximum Gasteiger partial charge on any atom is 0.325 e. The van der Waals surface area contributed by atoms with Gasteiger partial charge in [-0.25, -0.2) is 4.98 Å². The number of hydrogen-bond acceptors (Lipinski definition) is 5. The smallest absolute Gasteiger partial charge is 0.325 e. The van der Waals surface area contributed by atoms with Gasteiger partial charge in [0.05, 0.1) is 0 Å². The molecule has 0 atom stereocenters. The monoisotopic (exact) mass is 350 g/mol. The van der Waals surface area contributed by atoms with E-state index in [4.69, 9.17) is 9.15 Å². The highest BCUT2D eigenvalue weighted by atomic mass is 16.5. The van der Waals surface area contributed by atoms with Gasteiger partial charge in [-0.15, -0.1) is 0 Å². The van der Waals surface area contributed by atoms with E-state index in [0.29, 0.717) is 17.1 Å². The second kappa shape index (κ2) is 8.11. The summed E-state index contributed by atoms with van der Waals surface area (Å²) in [6.45, 7) is 1.77. The van der Waals surface area contributed by atoms with Crippen LogP contribution in [0.1, 0.15) is 21.6 Å². The number of esters is 1. The van der Waals surface area contributed by atoms with Crippen molar-refractivity contribution in [3.05, 3.63) is 77.7 Å². The van der Waals surface area contributed by atoms with Gasteiger partial charge in [-0.1, -0.05) is 35.9 Å². The van der Waals surface area contributed by atoms with Crippen LogP contribution in [0.3, 0.4) is 0 Å². The fourth-order valence-corrected chi connectivity index (χ4v) is 2.25. The Morgan fingerprint density at radius 3 is 2.54 bits per heavy atom. The molecule has 0 bridgehead atoms. The van der Waals surface area contributed by atoms with Gasteiger partial charge < -0.3 is 14.5 Å². The predicted molar refractivity (Wildman–Crippen MR) is 95.2 cm³/mol. The Balaban J connectivity index is 1.47. The number of nitrogens with zero attached hydrogens (tertiary/aromatic N) is 1. The van der Waals surface area contributed by atoms with Crippen LogP contribution in [0.4, 0.5) is 0 Å². The molecule has 3 aromatic rings. The van der Waals surface area contributed by atoms with Crippen molar-refractivity contribution < 1.29 is 18.7 Å². The number of aryl methyl sites for hydroxylation is 1. The molecule has 2 aromatic carbocycles. The van der Waals surface area contributed by atoms with Crippen molar-refractivity contribution in [2.75, 3.05) is 6.54 Å². The number of aromatic nitrogens is 1. The first-order chi connectivity index (χ1) is 12.6. The molecule has 26 heavy (non-hydrogen) atoms. The number of carbonyl (C=O) groups excluding carboxylic acids is 2. The van der Waals surface area contributed by atoms with Crippen molar-refractivity contribution in [2.24, 2.45) is 0 Å². The third-order valence-corrected chi connectivity index (χ3v) is 3.66. The van der Waals surface area contributed by atoms with Crippen LogP contribution >= 0.6 is 0 Å². The summed E-state index contributed by atoms with van der Waals surface area (Å²) in [4.78, 5) is 27.9. The Hall–Kier alpha value is -3.41. The minimum atomic E-state index is -0.547. The molecule has 6 nitrogen and oxygen atoms in total. The average Bonchev–Trinajstić information content (AvgIpc) is 3.14. The van der Waals surface area contributed by atoms with Crippen LogP contribution < -0.4 is 5.32 Å². The van der Waals surface area contributed by atoms with Crippen LogP contribution in [0.5, 0.6) is 0 Å². The molecule has 1 aromatic heterocycles. The maximum atomic E-state index is 11.9. The second-order valence-corrected chi connectivity index (χ2v) is 5.72. The van der Waals surface area contributed by atoms with Crippen molar-refractivity contribution in [3.8, 4) is 11.5 Å². The third kappa shape index (κ3) is 4.57. The Bertz CT molecular complexity index is 886. The first-order valence-electron chi connectivity index (χ1n) is 8.12. The van der Waals surface area contributed by atoms with Crippen molar-refractivity contribution >= 4 is 11.9 Å². The van der Waals surface area contributed by atoms with Gasteiger partial charge in [0, 0.05) is 11.1 Å². The number of benzene rings is 2. The summed E-state index contributed by atoms with van der Waals surface area (Å²) in [6.07, 6.45) is 1.45. The predicted octanol–water partition coefficient (Wildman–Crippen LogP) is 3.12. The van der Waals surface area contributed by atoms with Crippen molar-refractivity contribution in [2.45, 2.75) is 13.5 Å². The summed E-state index contributed by atoms with van der Waals surface area (Å²) in [5.74, 6) is -0.409. The van der Waals surface area contributed by atoms with Gasteiger partial charge in [-0.3, -0.25) is 9.59 Å². The topological polar surface area (TPSA) is 81.4 Å². The number of carbonyl (C=O) groups is 2. The largest absolute Gasteiger partial charge is 0.458 e. The molecule has 1 heterocycles. The van der Waals surface area contributed by atoms with Crippen LogP contribution in [-0.2, 0) is 16.1 Å². The van der Waals surface area contributed by atoms with E-state index in [9.17, 15) is 9.59 Å². The van der Waals surface area contributed by atoms with Crippen molar-refractivity contribution in [1.29, 1.82) is 0 Å². The standard InChI is InChI=1S/C20H18N2O4/c1-14-7-9-16(10-8-14)20-22-17(13-26-20)12-25-18(23)11-21-19(24)15-5-3-2-4-6-15/h2-10,13H,11-12H2,1H3,(H,21,24). The van der Waals surface area contributed by atoms with E-state index in [1.54, 1.807) is 24.3 Å². The van der Waals surface area contributed by atoms with E-state index in [1.165, 1.54) is 6.26 Å². The first kappa shape index (κ1) is 17.4. The molecule has 1 amide bonds. The summed E-state index contributed by atoms with van der Waals surface area (Å²) in [7, 11) is 0. The lowest BCUT2D eigenvalue weighted by molar-refractivity contribution is -0.143. The summed E-state index contributed by atoms with van der Waals surface area (Å²) in [5, 5.41) is 2.51. The van der Waals surface area contributed by atoms with Gasteiger partial charge in [0.2, 0.25) is 5.89 Å². The summed E-state index contributed by atoms with van der Waals surface area (Å²) < 4.78 is 10.5. The van der Waals surface area contributed by atoms with Crippen LogP contribution in [0.15, 0.2) is 65.3 Å². The van der Waals surface area contributed by atoms with E-state index in [2.05, 4.69) is 10.3 Å². The highest BCUT2D eigenvalue weighted by Crippen LogP contribution is 2.19. The minimum Gasteiger partial charge on any atom is -0.458 e. The van der Waals surface area contributed by atoms with Gasteiger partial charge in [0.25, 0.3) is 5.91 Å². The van der Waals surface area contributed by atoms with Crippen LogP contribution in [0.25, 0.3) is 11.5 Å². The molecule has 0 aliphatic carbocycles. The van der Waals surface area contributed by atoms with E-state index < -0.39 is 5.97 Å². The molecular weight excluding hydrogens is 332 g/mol. The zero-order valence-corrected chi connectivity index (χ0v) is 14.3. The number of ether oxygens (including phenoxy) is 1. The van der Waals surface area contributed by atoms with Gasteiger partial charge in [-0.05, 0) is 31.2 Å². The lowest BCUT2D eigenvalue weighted by atomic mass is 10.1. The molecule has 0 saturated heterocycles. The number of hydrogen-bond donors (Lipinski definition) is 1. The zero-order valence-electron chi connectivity index (χ0n) is 14.3. The van der Waals surface area contributed by atoms with Crippen molar-refractivity contribution in [1.82, 2.24) is 10.3 Å². The quantitative estimate of drug-likeness (QED) is 0.691. The molecule has 0 spiro atoms. The third-order valence-electron chi connectivity index (χ3n) is 3.66.